The van der Waals surface area contributed by atoms with Gasteiger partial charge in [0, 0.05) is 19.2 Å². The number of para-hydroxylation sites is 1. The van der Waals surface area contributed by atoms with Crippen LogP contribution in [0.5, 0.6) is 0 Å². The molecule has 0 spiro atoms. The lowest BCUT2D eigenvalue weighted by molar-refractivity contribution is -0.122. The van der Waals surface area contributed by atoms with Crippen molar-refractivity contribution in [3.05, 3.63) is 53.8 Å². The van der Waals surface area contributed by atoms with Crippen LogP contribution >= 0.6 is 12.2 Å². The summed E-state index contributed by atoms with van der Waals surface area (Å²) in [6, 6.07) is 12.6. The van der Waals surface area contributed by atoms with E-state index in [9.17, 15) is 9.59 Å². The molecule has 0 saturated carbocycles. The second-order valence-electron chi connectivity index (χ2n) is 6.52. The number of carbonyl (C=O) groups excluding carboxylic acids is 2. The van der Waals surface area contributed by atoms with Gasteiger partial charge in [0.05, 0.1) is 5.69 Å². The molecule has 1 aromatic carbocycles. The summed E-state index contributed by atoms with van der Waals surface area (Å²) in [5, 5.41) is 2.65. The molecule has 138 valence electrons. The summed E-state index contributed by atoms with van der Waals surface area (Å²) in [4.78, 5) is 28.8. The Morgan fingerprint density at radius 2 is 1.74 bits per heavy atom. The predicted octanol–water partition coefficient (Wildman–Crippen LogP) is 3.10. The van der Waals surface area contributed by atoms with E-state index in [0.717, 1.165) is 31.8 Å². The number of piperidine rings is 1. The van der Waals surface area contributed by atoms with E-state index in [2.05, 4.69) is 10.2 Å². The average Bonchev–Trinajstić information content (AvgIpc) is 3.15. The van der Waals surface area contributed by atoms with Crippen molar-refractivity contribution in [3.8, 4) is 0 Å². The maximum Gasteiger partial charge on any atom is 0.270 e. The standard InChI is InChI=1S/C20H19N3O3S/c24-18-16(13-15-9-10-17(26-15)22-11-5-2-6-12-22)19(25)23(20(27)21-18)14-7-3-1-4-8-14/h1,3-4,7-10,13H,2,5-6,11-12H2,(H,21,24,27). The molecule has 0 aliphatic carbocycles. The molecule has 27 heavy (non-hydrogen) atoms. The second kappa shape index (κ2) is 7.36. The molecule has 2 aliphatic heterocycles. The largest absolute Gasteiger partial charge is 0.441 e. The first kappa shape index (κ1) is 17.5. The van der Waals surface area contributed by atoms with Crippen molar-refractivity contribution < 1.29 is 14.0 Å². The number of benzene rings is 1. The SMILES string of the molecule is O=C1NC(=S)N(c2ccccc2)C(=O)C1=Cc1ccc(N2CCCCC2)o1. The first-order chi connectivity index (χ1) is 13.1. The summed E-state index contributed by atoms with van der Waals surface area (Å²) in [6.45, 7) is 1.91. The van der Waals surface area contributed by atoms with Gasteiger partial charge in [-0.1, -0.05) is 18.2 Å². The summed E-state index contributed by atoms with van der Waals surface area (Å²) in [5.74, 6) is 0.245. The van der Waals surface area contributed by atoms with E-state index >= 15 is 0 Å². The zero-order chi connectivity index (χ0) is 18.8. The molecule has 3 heterocycles. The van der Waals surface area contributed by atoms with Crippen LogP contribution in [0.2, 0.25) is 0 Å². The maximum absolute atomic E-state index is 12.9. The molecule has 7 heteroatoms. The van der Waals surface area contributed by atoms with Gasteiger partial charge in [0.1, 0.15) is 11.3 Å². The molecule has 1 N–H and O–H groups in total. The molecule has 2 fully saturated rings. The third-order valence-electron chi connectivity index (χ3n) is 4.68. The van der Waals surface area contributed by atoms with Crippen molar-refractivity contribution in [2.24, 2.45) is 0 Å². The van der Waals surface area contributed by atoms with Crippen LogP contribution in [0.1, 0.15) is 25.0 Å². The fourth-order valence-corrected chi connectivity index (χ4v) is 3.60. The van der Waals surface area contributed by atoms with Gasteiger partial charge >= 0.3 is 0 Å². The minimum Gasteiger partial charge on any atom is -0.441 e. The molecular weight excluding hydrogens is 362 g/mol. The fraction of sp³-hybridized carbons (Fsp3) is 0.250. The lowest BCUT2D eigenvalue weighted by Crippen LogP contribution is -2.54. The number of furan rings is 1. The third-order valence-corrected chi connectivity index (χ3v) is 4.97. The molecule has 2 amide bonds. The number of hydrogen-bond donors (Lipinski definition) is 1. The van der Waals surface area contributed by atoms with Gasteiger partial charge in [-0.25, -0.2) is 0 Å². The van der Waals surface area contributed by atoms with E-state index in [4.69, 9.17) is 16.6 Å². The normalized spacial score (nSPS) is 19.6. The van der Waals surface area contributed by atoms with Crippen LogP contribution in [-0.4, -0.2) is 30.0 Å². The minimum atomic E-state index is -0.520. The van der Waals surface area contributed by atoms with Crippen LogP contribution in [-0.2, 0) is 9.59 Å². The Morgan fingerprint density at radius 3 is 2.48 bits per heavy atom. The Labute approximate surface area is 162 Å². The molecule has 0 unspecified atom stereocenters. The van der Waals surface area contributed by atoms with E-state index < -0.39 is 11.8 Å². The Bertz CT molecular complexity index is 914. The number of hydrogen-bond acceptors (Lipinski definition) is 5. The highest BCUT2D eigenvalue weighted by Crippen LogP contribution is 2.26. The fourth-order valence-electron chi connectivity index (χ4n) is 3.32. The van der Waals surface area contributed by atoms with Crippen LogP contribution in [0.3, 0.4) is 0 Å². The zero-order valence-electron chi connectivity index (χ0n) is 14.7. The van der Waals surface area contributed by atoms with Crippen LogP contribution in [0.4, 0.5) is 11.6 Å². The molecule has 0 bridgehead atoms. The van der Waals surface area contributed by atoms with Crippen LogP contribution in [0.25, 0.3) is 6.08 Å². The number of nitrogens with one attached hydrogen (secondary N) is 1. The van der Waals surface area contributed by atoms with Crippen molar-refractivity contribution in [1.29, 1.82) is 0 Å². The second-order valence-corrected chi connectivity index (χ2v) is 6.90. The van der Waals surface area contributed by atoms with Crippen molar-refractivity contribution >= 4 is 46.8 Å². The molecule has 2 aliphatic rings. The maximum atomic E-state index is 12.9. The first-order valence-electron chi connectivity index (χ1n) is 8.95. The summed E-state index contributed by atoms with van der Waals surface area (Å²) < 4.78 is 5.86. The molecule has 2 aromatic rings. The van der Waals surface area contributed by atoms with E-state index in [1.54, 1.807) is 18.2 Å². The van der Waals surface area contributed by atoms with E-state index in [-0.39, 0.29) is 10.7 Å². The topological polar surface area (TPSA) is 65.8 Å². The Kier molecular flexibility index (Phi) is 4.77. The van der Waals surface area contributed by atoms with Crippen LogP contribution in [0, 0.1) is 0 Å². The van der Waals surface area contributed by atoms with Gasteiger partial charge in [0.15, 0.2) is 11.0 Å². The number of rotatable bonds is 3. The van der Waals surface area contributed by atoms with Crippen molar-refractivity contribution in [1.82, 2.24) is 5.32 Å². The van der Waals surface area contributed by atoms with Crippen LogP contribution < -0.4 is 15.1 Å². The average molecular weight is 381 g/mol. The number of anilines is 2. The number of thiocarbonyl (C=S) groups is 1. The number of nitrogens with zero attached hydrogens (tertiary/aromatic N) is 2. The number of amides is 2. The summed E-state index contributed by atoms with van der Waals surface area (Å²) in [6.07, 6.45) is 4.99. The van der Waals surface area contributed by atoms with E-state index in [1.807, 2.05) is 24.3 Å². The molecule has 0 radical (unpaired) electrons. The minimum absolute atomic E-state index is 0.00741. The van der Waals surface area contributed by atoms with Gasteiger partial charge < -0.3 is 9.32 Å². The predicted molar refractivity (Wildman–Crippen MR) is 107 cm³/mol. The molecule has 6 nitrogen and oxygen atoms in total. The zero-order valence-corrected chi connectivity index (χ0v) is 15.5. The lowest BCUT2D eigenvalue weighted by atomic mass is 10.1. The quantitative estimate of drug-likeness (QED) is 0.503. The molecule has 0 atom stereocenters. The highest BCUT2D eigenvalue weighted by molar-refractivity contribution is 7.80. The van der Waals surface area contributed by atoms with Gasteiger partial charge in [0.2, 0.25) is 0 Å². The van der Waals surface area contributed by atoms with E-state index in [1.165, 1.54) is 17.4 Å². The molecule has 2 saturated heterocycles. The Morgan fingerprint density at radius 1 is 1.00 bits per heavy atom. The summed E-state index contributed by atoms with van der Waals surface area (Å²) >= 11 is 5.19. The van der Waals surface area contributed by atoms with Crippen molar-refractivity contribution in [2.45, 2.75) is 19.3 Å². The molecule has 4 rings (SSSR count). The van der Waals surface area contributed by atoms with E-state index in [0.29, 0.717) is 11.4 Å². The van der Waals surface area contributed by atoms with Crippen molar-refractivity contribution in [2.75, 3.05) is 22.9 Å². The number of carbonyl (C=O) groups is 2. The van der Waals surface area contributed by atoms with Gasteiger partial charge in [-0.2, -0.15) is 0 Å². The Hall–Kier alpha value is -2.93. The first-order valence-corrected chi connectivity index (χ1v) is 9.35. The Balaban J connectivity index is 1.62. The monoisotopic (exact) mass is 381 g/mol. The highest BCUT2D eigenvalue weighted by atomic mass is 32.1. The smallest absolute Gasteiger partial charge is 0.270 e. The van der Waals surface area contributed by atoms with Gasteiger partial charge in [-0.3, -0.25) is 19.8 Å². The van der Waals surface area contributed by atoms with Gasteiger partial charge in [-0.05, 0) is 55.8 Å². The van der Waals surface area contributed by atoms with Crippen LogP contribution in [0.15, 0.2) is 52.5 Å². The molecular formula is C20H19N3O3S. The van der Waals surface area contributed by atoms with Crippen molar-refractivity contribution in [3.63, 3.8) is 0 Å². The van der Waals surface area contributed by atoms with Gasteiger partial charge in [-0.15, -0.1) is 0 Å². The highest BCUT2D eigenvalue weighted by Gasteiger charge is 2.34. The summed E-state index contributed by atoms with van der Waals surface area (Å²) in [7, 11) is 0. The molecule has 1 aromatic heterocycles. The lowest BCUT2D eigenvalue weighted by Gasteiger charge is -2.28. The van der Waals surface area contributed by atoms with Gasteiger partial charge in [0.25, 0.3) is 11.8 Å². The third kappa shape index (κ3) is 3.50. The summed E-state index contributed by atoms with van der Waals surface area (Å²) in [5.41, 5.74) is 0.596.